The van der Waals surface area contributed by atoms with E-state index in [0.29, 0.717) is 41.1 Å². The number of hydrogen-bond donors (Lipinski definition) is 0. The van der Waals surface area contributed by atoms with Crippen molar-refractivity contribution in [1.82, 2.24) is 14.5 Å². The van der Waals surface area contributed by atoms with Crippen molar-refractivity contribution in [3.63, 3.8) is 0 Å². The zero-order chi connectivity index (χ0) is 26.8. The van der Waals surface area contributed by atoms with Crippen LogP contribution in [0.15, 0.2) is 47.3 Å². The van der Waals surface area contributed by atoms with Crippen LogP contribution in [-0.4, -0.2) is 34.0 Å². The first-order chi connectivity index (χ1) is 17.9. The number of amides is 1. The van der Waals surface area contributed by atoms with E-state index in [1.54, 1.807) is 17.7 Å². The van der Waals surface area contributed by atoms with Crippen LogP contribution in [0.2, 0.25) is 0 Å². The lowest BCUT2D eigenvalue weighted by Gasteiger charge is -2.31. The zero-order valence-corrected chi connectivity index (χ0v) is 23.3. The highest BCUT2D eigenvalue weighted by molar-refractivity contribution is 5.79. The van der Waals surface area contributed by atoms with Crippen LogP contribution < -0.4 is 10.3 Å². The van der Waals surface area contributed by atoms with Gasteiger partial charge in [0, 0.05) is 13.0 Å². The summed E-state index contributed by atoms with van der Waals surface area (Å²) in [5, 5.41) is 0.544. The number of aryl methyl sites for hydroxylation is 1. The molecule has 3 aromatic rings. The molecule has 1 amide bonds. The molecule has 0 fully saturated rings. The fraction of sp³-hybridized carbons (Fsp3) is 0.516. The first-order valence-corrected chi connectivity index (χ1v) is 13.9. The lowest BCUT2D eigenvalue weighted by molar-refractivity contribution is -0.133. The highest BCUT2D eigenvalue weighted by Crippen LogP contribution is 2.29. The Morgan fingerprint density at radius 3 is 2.41 bits per heavy atom. The van der Waals surface area contributed by atoms with Crippen molar-refractivity contribution < 1.29 is 9.53 Å². The van der Waals surface area contributed by atoms with Crippen molar-refractivity contribution in [2.45, 2.75) is 91.5 Å². The van der Waals surface area contributed by atoms with Gasteiger partial charge in [-0.3, -0.25) is 14.2 Å². The summed E-state index contributed by atoms with van der Waals surface area (Å²) < 4.78 is 7.32. The number of rotatable bonds is 14. The largest absolute Gasteiger partial charge is 0.495 e. The van der Waals surface area contributed by atoms with E-state index in [1.165, 1.54) is 0 Å². The summed E-state index contributed by atoms with van der Waals surface area (Å²) >= 11 is 0. The maximum absolute atomic E-state index is 13.9. The first kappa shape index (κ1) is 28.4. The van der Waals surface area contributed by atoms with E-state index >= 15 is 0 Å². The van der Waals surface area contributed by atoms with Gasteiger partial charge in [-0.25, -0.2) is 4.98 Å². The predicted octanol–water partition coefficient (Wildman–Crippen LogP) is 7.14. The van der Waals surface area contributed by atoms with Gasteiger partial charge >= 0.3 is 0 Å². The Balaban J connectivity index is 2.12. The SMILES string of the molecule is CCCCCCC(=O)N(CCCCCC)C(C)c1nc2ccccc2c(=O)n1-c1cc(C)ccc1OC. The highest BCUT2D eigenvalue weighted by Gasteiger charge is 2.27. The molecule has 200 valence electrons. The molecule has 2 aromatic carbocycles. The first-order valence-electron chi connectivity index (χ1n) is 13.9. The molecule has 0 spiro atoms. The molecule has 0 aliphatic rings. The molecular weight excluding hydrogens is 462 g/mol. The van der Waals surface area contributed by atoms with E-state index in [4.69, 9.17) is 9.72 Å². The average molecular weight is 506 g/mol. The van der Waals surface area contributed by atoms with Crippen LogP contribution in [0.3, 0.4) is 0 Å². The van der Waals surface area contributed by atoms with Crippen LogP contribution in [0.1, 0.15) is 96.0 Å². The summed E-state index contributed by atoms with van der Waals surface area (Å²) in [7, 11) is 1.61. The smallest absolute Gasteiger partial charge is 0.266 e. The molecule has 0 aliphatic heterocycles. The minimum atomic E-state index is -0.372. The molecule has 6 nitrogen and oxygen atoms in total. The van der Waals surface area contributed by atoms with Gasteiger partial charge < -0.3 is 9.64 Å². The van der Waals surface area contributed by atoms with Gasteiger partial charge in [-0.2, -0.15) is 0 Å². The Hall–Kier alpha value is -3.15. The van der Waals surface area contributed by atoms with E-state index in [2.05, 4.69) is 13.8 Å². The summed E-state index contributed by atoms with van der Waals surface area (Å²) in [4.78, 5) is 34.4. The quantitative estimate of drug-likeness (QED) is 0.218. The molecule has 1 atom stereocenters. The second kappa shape index (κ2) is 14.0. The Morgan fingerprint density at radius 1 is 1.00 bits per heavy atom. The van der Waals surface area contributed by atoms with E-state index in [9.17, 15) is 9.59 Å². The van der Waals surface area contributed by atoms with Crippen LogP contribution in [0, 0.1) is 6.92 Å². The second-order valence-electron chi connectivity index (χ2n) is 9.94. The number of carbonyl (C=O) groups is 1. The molecule has 0 radical (unpaired) electrons. The third-order valence-electron chi connectivity index (χ3n) is 7.04. The number of para-hydroxylation sites is 1. The van der Waals surface area contributed by atoms with Gasteiger partial charge in [0.2, 0.25) is 5.91 Å². The van der Waals surface area contributed by atoms with Crippen molar-refractivity contribution >= 4 is 16.8 Å². The topological polar surface area (TPSA) is 64.4 Å². The molecule has 0 saturated carbocycles. The van der Waals surface area contributed by atoms with Crippen molar-refractivity contribution in [3.05, 3.63) is 64.2 Å². The average Bonchev–Trinajstić information content (AvgIpc) is 2.90. The number of unbranched alkanes of at least 4 members (excludes halogenated alkanes) is 6. The maximum Gasteiger partial charge on any atom is 0.266 e. The Bertz CT molecular complexity index is 1230. The molecule has 1 unspecified atom stereocenters. The van der Waals surface area contributed by atoms with Gasteiger partial charge in [0.25, 0.3) is 5.56 Å². The molecule has 0 bridgehead atoms. The standard InChI is InChI=1S/C31H43N3O3/c1-6-8-10-12-18-29(35)33(21-15-11-9-7-2)24(4)30-32-26-17-14-13-16-25(26)31(36)34(30)27-22-23(3)19-20-28(27)37-5/h13-14,16-17,19-20,22,24H,6-12,15,18,21H2,1-5H3. The van der Waals surface area contributed by atoms with Gasteiger partial charge in [-0.15, -0.1) is 0 Å². The molecule has 3 rings (SSSR count). The van der Waals surface area contributed by atoms with E-state index in [0.717, 1.165) is 56.9 Å². The normalized spacial score (nSPS) is 12.0. The molecule has 1 heterocycles. The van der Waals surface area contributed by atoms with Crippen LogP contribution in [0.5, 0.6) is 5.75 Å². The van der Waals surface area contributed by atoms with Crippen molar-refractivity contribution in [2.75, 3.05) is 13.7 Å². The van der Waals surface area contributed by atoms with Gasteiger partial charge in [-0.05, 0) is 56.5 Å². The number of methoxy groups -OCH3 is 1. The summed E-state index contributed by atoms with van der Waals surface area (Å²) in [6.07, 6.45) is 9.02. The fourth-order valence-corrected chi connectivity index (χ4v) is 4.87. The molecule has 37 heavy (non-hydrogen) atoms. The molecule has 0 N–H and O–H groups in total. The number of ether oxygens (including phenoxy) is 1. The lowest BCUT2D eigenvalue weighted by atomic mass is 10.1. The number of benzene rings is 2. The highest BCUT2D eigenvalue weighted by atomic mass is 16.5. The van der Waals surface area contributed by atoms with E-state index in [1.807, 2.05) is 55.1 Å². The van der Waals surface area contributed by atoms with E-state index in [-0.39, 0.29) is 17.5 Å². The number of hydrogen-bond acceptors (Lipinski definition) is 4. The molecular formula is C31H43N3O3. The van der Waals surface area contributed by atoms with Crippen LogP contribution >= 0.6 is 0 Å². The molecule has 0 saturated heterocycles. The Kier molecular flexibility index (Phi) is 10.7. The lowest BCUT2D eigenvalue weighted by Crippen LogP contribution is -2.38. The van der Waals surface area contributed by atoms with Gasteiger partial charge in [0.05, 0.1) is 29.7 Å². The summed E-state index contributed by atoms with van der Waals surface area (Å²) in [6.45, 7) is 9.01. The van der Waals surface area contributed by atoms with Crippen molar-refractivity contribution in [2.24, 2.45) is 0 Å². The fourth-order valence-electron chi connectivity index (χ4n) is 4.87. The predicted molar refractivity (Wildman–Crippen MR) is 152 cm³/mol. The summed E-state index contributed by atoms with van der Waals surface area (Å²) in [5.74, 6) is 1.29. The van der Waals surface area contributed by atoms with E-state index < -0.39 is 0 Å². The van der Waals surface area contributed by atoms with Crippen LogP contribution in [0.25, 0.3) is 16.6 Å². The second-order valence-corrected chi connectivity index (χ2v) is 9.94. The number of aromatic nitrogens is 2. The minimum Gasteiger partial charge on any atom is -0.495 e. The monoisotopic (exact) mass is 505 g/mol. The number of carbonyl (C=O) groups excluding carboxylic acids is 1. The van der Waals surface area contributed by atoms with Gasteiger partial charge in [-0.1, -0.05) is 70.6 Å². The summed E-state index contributed by atoms with van der Waals surface area (Å²) in [6, 6.07) is 12.8. The number of fused-ring (bicyclic) bond motifs is 1. The maximum atomic E-state index is 13.9. The van der Waals surface area contributed by atoms with Gasteiger partial charge in [0.1, 0.15) is 11.6 Å². The third-order valence-corrected chi connectivity index (χ3v) is 7.04. The summed E-state index contributed by atoms with van der Waals surface area (Å²) in [5.41, 5.74) is 2.14. The van der Waals surface area contributed by atoms with Crippen molar-refractivity contribution in [1.29, 1.82) is 0 Å². The van der Waals surface area contributed by atoms with Crippen LogP contribution in [-0.2, 0) is 4.79 Å². The van der Waals surface area contributed by atoms with Crippen LogP contribution in [0.4, 0.5) is 0 Å². The third kappa shape index (κ3) is 7.00. The van der Waals surface area contributed by atoms with Crippen molar-refractivity contribution in [3.8, 4) is 11.4 Å². The number of nitrogens with zero attached hydrogens (tertiary/aromatic N) is 3. The van der Waals surface area contributed by atoms with Gasteiger partial charge in [0.15, 0.2) is 0 Å². The Labute approximate surface area is 221 Å². The molecule has 6 heteroatoms. The molecule has 1 aromatic heterocycles. The minimum absolute atomic E-state index is 0.130. The Morgan fingerprint density at radius 2 is 1.70 bits per heavy atom. The zero-order valence-electron chi connectivity index (χ0n) is 23.3. The molecule has 0 aliphatic carbocycles.